The van der Waals surface area contributed by atoms with Crippen LogP contribution in [-0.4, -0.2) is 33.1 Å². The first-order valence-electron chi connectivity index (χ1n) is 12.1. The number of thioether (sulfide) groups is 2. The smallest absolute Gasteiger partial charge is 0.263 e. The second-order valence-electron chi connectivity index (χ2n) is 8.93. The van der Waals surface area contributed by atoms with E-state index < -0.39 is 0 Å². The van der Waals surface area contributed by atoms with Crippen molar-refractivity contribution in [3.8, 4) is 11.4 Å². The van der Waals surface area contributed by atoms with E-state index in [0.717, 1.165) is 46.9 Å². The zero-order chi connectivity index (χ0) is 24.4. The molecule has 0 saturated heterocycles. The average Bonchev–Trinajstić information content (AvgIpc) is 3.23. The van der Waals surface area contributed by atoms with Gasteiger partial charge in [0.05, 0.1) is 23.6 Å². The van der Waals surface area contributed by atoms with Gasteiger partial charge < -0.3 is 10.1 Å². The predicted octanol–water partition coefficient (Wildman–Crippen LogP) is 5.80. The lowest BCUT2D eigenvalue weighted by atomic mass is 9.85. The predicted molar refractivity (Wildman–Crippen MR) is 142 cm³/mol. The Morgan fingerprint density at radius 3 is 2.77 bits per heavy atom. The molecule has 2 atom stereocenters. The van der Waals surface area contributed by atoms with E-state index in [-0.39, 0.29) is 23.1 Å². The van der Waals surface area contributed by atoms with Gasteiger partial charge in [0, 0.05) is 16.9 Å². The molecular formula is C27H29N3O3S2. The SMILES string of the molecule is CCOc1ccc(NC(=O)CSc2nc3c(c(=O)n2-c2cccc(C)c2)[C@H]2CCCC[C@@H]2S3)cc1. The number of anilines is 1. The third kappa shape index (κ3) is 5.14. The van der Waals surface area contributed by atoms with E-state index >= 15 is 0 Å². The van der Waals surface area contributed by atoms with Gasteiger partial charge in [-0.15, -0.1) is 11.8 Å². The molecule has 0 spiro atoms. The Morgan fingerprint density at radius 2 is 2.00 bits per heavy atom. The van der Waals surface area contributed by atoms with E-state index in [2.05, 4.69) is 5.32 Å². The largest absolute Gasteiger partial charge is 0.494 e. The normalized spacial score (nSPS) is 18.6. The second kappa shape index (κ2) is 10.5. The fourth-order valence-electron chi connectivity index (χ4n) is 4.83. The van der Waals surface area contributed by atoms with Gasteiger partial charge in [0.15, 0.2) is 5.16 Å². The van der Waals surface area contributed by atoms with Gasteiger partial charge in [0.25, 0.3) is 5.56 Å². The molecule has 1 saturated carbocycles. The molecule has 8 heteroatoms. The van der Waals surface area contributed by atoms with Crippen molar-refractivity contribution in [1.29, 1.82) is 0 Å². The quantitative estimate of drug-likeness (QED) is 0.247. The first kappa shape index (κ1) is 24.0. The highest BCUT2D eigenvalue weighted by Crippen LogP contribution is 2.50. The summed E-state index contributed by atoms with van der Waals surface area (Å²) in [5.41, 5.74) is 3.45. The molecule has 1 amide bonds. The summed E-state index contributed by atoms with van der Waals surface area (Å²) in [5, 5.41) is 4.77. The maximum atomic E-state index is 13.9. The summed E-state index contributed by atoms with van der Waals surface area (Å²) in [6.07, 6.45) is 4.55. The van der Waals surface area contributed by atoms with Gasteiger partial charge in [0.2, 0.25) is 5.91 Å². The molecular weight excluding hydrogens is 478 g/mol. The van der Waals surface area contributed by atoms with Crippen LogP contribution < -0.4 is 15.6 Å². The van der Waals surface area contributed by atoms with E-state index in [1.165, 1.54) is 18.2 Å². The Labute approximate surface area is 213 Å². The minimum Gasteiger partial charge on any atom is -0.494 e. The van der Waals surface area contributed by atoms with E-state index in [1.807, 2.05) is 62.4 Å². The Hall–Kier alpha value is -2.71. The second-order valence-corrected chi connectivity index (χ2v) is 11.1. The van der Waals surface area contributed by atoms with Crippen molar-refractivity contribution in [3.05, 3.63) is 70.0 Å². The number of hydrogen-bond donors (Lipinski definition) is 1. The number of rotatable bonds is 7. The van der Waals surface area contributed by atoms with Gasteiger partial charge in [-0.25, -0.2) is 4.98 Å². The molecule has 1 fully saturated rings. The number of carbonyl (C=O) groups excluding carboxylic acids is 1. The van der Waals surface area contributed by atoms with Gasteiger partial charge in [-0.2, -0.15) is 0 Å². The molecule has 6 nitrogen and oxygen atoms in total. The fourth-order valence-corrected chi connectivity index (χ4v) is 7.21. The number of hydrogen-bond acceptors (Lipinski definition) is 6. The first-order valence-corrected chi connectivity index (χ1v) is 14.0. The van der Waals surface area contributed by atoms with Gasteiger partial charge in [-0.3, -0.25) is 14.2 Å². The summed E-state index contributed by atoms with van der Waals surface area (Å²) < 4.78 is 7.16. The van der Waals surface area contributed by atoms with Gasteiger partial charge in [-0.05, 0) is 68.7 Å². The van der Waals surface area contributed by atoms with E-state index in [4.69, 9.17) is 9.72 Å². The number of aryl methyl sites for hydroxylation is 1. The molecule has 2 aliphatic rings. The highest BCUT2D eigenvalue weighted by Gasteiger charge is 2.39. The molecule has 182 valence electrons. The fraction of sp³-hybridized carbons (Fsp3) is 0.370. The number of ether oxygens (including phenoxy) is 1. The third-order valence-corrected chi connectivity index (χ3v) is 8.77. The van der Waals surface area contributed by atoms with Crippen molar-refractivity contribution >= 4 is 35.1 Å². The van der Waals surface area contributed by atoms with Gasteiger partial charge >= 0.3 is 0 Å². The summed E-state index contributed by atoms with van der Waals surface area (Å²) >= 11 is 3.05. The zero-order valence-corrected chi connectivity index (χ0v) is 21.6. The Balaban J connectivity index is 1.41. The Bertz CT molecular complexity index is 1290. The number of nitrogens with one attached hydrogen (secondary N) is 1. The van der Waals surface area contributed by atoms with Crippen LogP contribution in [0.25, 0.3) is 5.69 Å². The number of carbonyl (C=O) groups is 1. The van der Waals surface area contributed by atoms with Crippen LogP contribution >= 0.6 is 23.5 Å². The Kier molecular flexibility index (Phi) is 7.20. The van der Waals surface area contributed by atoms with E-state index in [9.17, 15) is 9.59 Å². The molecule has 0 radical (unpaired) electrons. The van der Waals surface area contributed by atoms with Crippen LogP contribution in [0.3, 0.4) is 0 Å². The Morgan fingerprint density at radius 1 is 1.20 bits per heavy atom. The average molecular weight is 508 g/mol. The minimum atomic E-state index is -0.147. The molecule has 0 bridgehead atoms. The summed E-state index contributed by atoms with van der Waals surface area (Å²) in [6.45, 7) is 4.54. The molecule has 3 aromatic rings. The molecule has 0 unspecified atom stereocenters. The summed E-state index contributed by atoms with van der Waals surface area (Å²) in [5.74, 6) is 1.05. The maximum absolute atomic E-state index is 13.9. The van der Waals surface area contributed by atoms with Gasteiger partial charge in [0.1, 0.15) is 10.8 Å². The molecule has 1 aliphatic heterocycles. The van der Waals surface area contributed by atoms with Crippen LogP contribution in [0.5, 0.6) is 5.75 Å². The van der Waals surface area contributed by atoms with E-state index in [0.29, 0.717) is 22.7 Å². The van der Waals surface area contributed by atoms with Crippen molar-refractivity contribution in [1.82, 2.24) is 9.55 Å². The van der Waals surface area contributed by atoms with Crippen molar-refractivity contribution in [2.45, 2.75) is 60.9 Å². The molecule has 2 heterocycles. The van der Waals surface area contributed by atoms with Crippen LogP contribution in [0, 0.1) is 6.92 Å². The number of fused-ring (bicyclic) bond motifs is 3. The molecule has 1 aromatic heterocycles. The van der Waals surface area contributed by atoms with Crippen LogP contribution in [-0.2, 0) is 4.79 Å². The first-order chi connectivity index (χ1) is 17.0. The maximum Gasteiger partial charge on any atom is 0.263 e. The molecule has 5 rings (SSSR count). The summed E-state index contributed by atoms with van der Waals surface area (Å²) in [4.78, 5) is 31.5. The lowest BCUT2D eigenvalue weighted by molar-refractivity contribution is -0.113. The molecule has 1 aliphatic carbocycles. The minimum absolute atomic E-state index is 0.0110. The zero-order valence-electron chi connectivity index (χ0n) is 20.0. The molecule has 2 aromatic carbocycles. The topological polar surface area (TPSA) is 73.2 Å². The van der Waals surface area contributed by atoms with Crippen LogP contribution in [0.15, 0.2) is 63.5 Å². The van der Waals surface area contributed by atoms with Crippen molar-refractivity contribution in [2.24, 2.45) is 0 Å². The van der Waals surface area contributed by atoms with Crippen molar-refractivity contribution < 1.29 is 9.53 Å². The number of aromatic nitrogens is 2. The number of amides is 1. The van der Waals surface area contributed by atoms with Crippen LogP contribution in [0.2, 0.25) is 0 Å². The van der Waals surface area contributed by atoms with Crippen LogP contribution in [0.1, 0.15) is 49.7 Å². The van der Waals surface area contributed by atoms with Crippen molar-refractivity contribution in [2.75, 3.05) is 17.7 Å². The molecule has 1 N–H and O–H groups in total. The standard InChI is InChI=1S/C27H29N3O3S2/c1-3-33-20-13-11-18(12-14-20)28-23(31)16-34-27-29-25-24(21-9-4-5-10-22(21)35-25)26(32)30(27)19-8-6-7-17(2)15-19/h6-8,11-15,21-22H,3-5,9-10,16H2,1-2H3,(H,28,31)/t21-,22-/m0/s1. The monoisotopic (exact) mass is 507 g/mol. The lowest BCUT2D eigenvalue weighted by Crippen LogP contribution is -2.29. The van der Waals surface area contributed by atoms with Crippen LogP contribution in [0.4, 0.5) is 5.69 Å². The van der Waals surface area contributed by atoms with Gasteiger partial charge in [-0.1, -0.05) is 36.7 Å². The highest BCUT2D eigenvalue weighted by atomic mass is 32.2. The molecule has 35 heavy (non-hydrogen) atoms. The summed E-state index contributed by atoms with van der Waals surface area (Å²) in [7, 11) is 0. The summed E-state index contributed by atoms with van der Waals surface area (Å²) in [6, 6.07) is 15.2. The number of nitrogens with zero attached hydrogens (tertiary/aromatic N) is 2. The third-order valence-electron chi connectivity index (χ3n) is 6.43. The van der Waals surface area contributed by atoms with E-state index in [1.54, 1.807) is 16.3 Å². The number of benzene rings is 2. The highest BCUT2D eigenvalue weighted by molar-refractivity contribution is 8.00. The van der Waals surface area contributed by atoms with Crippen molar-refractivity contribution in [3.63, 3.8) is 0 Å². The lowest BCUT2D eigenvalue weighted by Gasteiger charge is -2.24.